The molecular weight excluding hydrogens is 140 g/mol. The van der Waals surface area contributed by atoms with Gasteiger partial charge >= 0.3 is 0 Å². The summed E-state index contributed by atoms with van der Waals surface area (Å²) >= 11 is 0. The monoisotopic (exact) mass is 154 g/mol. The zero-order valence-corrected chi connectivity index (χ0v) is 6.84. The Morgan fingerprint density at radius 3 is 3.00 bits per heavy atom. The van der Waals surface area contributed by atoms with Crippen LogP contribution < -0.4 is 5.32 Å². The summed E-state index contributed by atoms with van der Waals surface area (Å²) in [7, 11) is 1.82. The molecule has 1 saturated carbocycles. The van der Waals surface area contributed by atoms with Gasteiger partial charge in [0.1, 0.15) is 0 Å². The third-order valence-electron chi connectivity index (χ3n) is 2.67. The maximum atomic E-state index is 11.3. The van der Waals surface area contributed by atoms with Crippen molar-refractivity contribution >= 4 is 5.91 Å². The lowest BCUT2D eigenvalue weighted by molar-refractivity contribution is -0.129. The van der Waals surface area contributed by atoms with E-state index in [1.807, 2.05) is 11.9 Å². The predicted octanol–water partition coefficient (Wildman–Crippen LogP) is -0.173. The Morgan fingerprint density at radius 2 is 2.55 bits per heavy atom. The van der Waals surface area contributed by atoms with Crippen LogP contribution in [0.3, 0.4) is 0 Å². The van der Waals surface area contributed by atoms with E-state index < -0.39 is 0 Å². The Balaban J connectivity index is 1.89. The summed E-state index contributed by atoms with van der Waals surface area (Å²) in [5, 5.41) is 2.89. The number of nitrogens with one attached hydrogen (secondary N) is 1. The summed E-state index contributed by atoms with van der Waals surface area (Å²) in [6.07, 6.45) is 2.50. The van der Waals surface area contributed by atoms with Crippen LogP contribution in [0.2, 0.25) is 0 Å². The summed E-state index contributed by atoms with van der Waals surface area (Å²) in [4.78, 5) is 13.4. The zero-order chi connectivity index (χ0) is 7.84. The number of fused-ring (bicyclic) bond motifs is 1. The van der Waals surface area contributed by atoms with Crippen LogP contribution in [-0.2, 0) is 4.79 Å². The first-order chi connectivity index (χ1) is 5.33. The van der Waals surface area contributed by atoms with Crippen molar-refractivity contribution in [2.24, 2.45) is 5.92 Å². The average molecular weight is 154 g/mol. The van der Waals surface area contributed by atoms with E-state index in [1.165, 1.54) is 12.8 Å². The molecule has 1 saturated heterocycles. The van der Waals surface area contributed by atoms with Crippen LogP contribution in [0.15, 0.2) is 0 Å². The molecule has 0 spiro atoms. The van der Waals surface area contributed by atoms with Crippen molar-refractivity contribution in [3.63, 3.8) is 0 Å². The number of carbonyl (C=O) groups excluding carboxylic acids is 1. The summed E-state index contributed by atoms with van der Waals surface area (Å²) in [6, 6.07) is 0.621. The molecule has 0 bridgehead atoms. The number of amides is 1. The minimum Gasteiger partial charge on any atom is -0.338 e. The van der Waals surface area contributed by atoms with Gasteiger partial charge in [0.25, 0.3) is 0 Å². The third-order valence-corrected chi connectivity index (χ3v) is 2.67. The maximum Gasteiger partial charge on any atom is 0.236 e. The lowest BCUT2D eigenvalue weighted by atomic mass is 10.3. The Hall–Kier alpha value is -0.570. The van der Waals surface area contributed by atoms with Crippen molar-refractivity contribution < 1.29 is 4.79 Å². The number of carbonyl (C=O) groups is 1. The zero-order valence-electron chi connectivity index (χ0n) is 6.84. The van der Waals surface area contributed by atoms with Crippen molar-refractivity contribution in [1.82, 2.24) is 10.2 Å². The van der Waals surface area contributed by atoms with Gasteiger partial charge in [-0.15, -0.1) is 0 Å². The first-order valence-electron chi connectivity index (χ1n) is 4.27. The van der Waals surface area contributed by atoms with Crippen molar-refractivity contribution in [3.8, 4) is 0 Å². The van der Waals surface area contributed by atoms with Gasteiger partial charge < -0.3 is 10.2 Å². The minimum absolute atomic E-state index is 0.275. The van der Waals surface area contributed by atoms with E-state index in [4.69, 9.17) is 0 Å². The first kappa shape index (κ1) is 7.10. The van der Waals surface area contributed by atoms with Crippen LogP contribution in [0.1, 0.15) is 12.8 Å². The molecule has 2 fully saturated rings. The van der Waals surface area contributed by atoms with Gasteiger partial charge in [-0.1, -0.05) is 0 Å². The van der Waals surface area contributed by atoms with Gasteiger partial charge in [-0.2, -0.15) is 0 Å². The number of likely N-dealkylation sites (tertiary alicyclic amines) is 1. The van der Waals surface area contributed by atoms with Crippen LogP contribution in [0, 0.1) is 5.92 Å². The number of hydrogen-bond donors (Lipinski definition) is 1. The molecule has 11 heavy (non-hydrogen) atoms. The fourth-order valence-corrected chi connectivity index (χ4v) is 1.96. The highest BCUT2D eigenvalue weighted by atomic mass is 16.2. The number of nitrogens with zero attached hydrogens (tertiary/aromatic N) is 1. The Kier molecular flexibility index (Phi) is 1.60. The number of rotatable bonds is 2. The van der Waals surface area contributed by atoms with Gasteiger partial charge in [-0.25, -0.2) is 0 Å². The molecular formula is C8H14N2O. The highest BCUT2D eigenvalue weighted by Crippen LogP contribution is 2.44. The lowest BCUT2D eigenvalue weighted by Crippen LogP contribution is -2.37. The molecule has 2 aliphatic rings. The lowest BCUT2D eigenvalue weighted by Gasteiger charge is -2.17. The van der Waals surface area contributed by atoms with Crippen molar-refractivity contribution in [2.75, 3.05) is 20.1 Å². The van der Waals surface area contributed by atoms with Crippen molar-refractivity contribution in [1.29, 1.82) is 0 Å². The second-order valence-corrected chi connectivity index (χ2v) is 3.47. The molecule has 1 heterocycles. The Labute approximate surface area is 66.8 Å². The fraction of sp³-hybridized carbons (Fsp3) is 0.875. The molecule has 2 rings (SSSR count). The Bertz CT molecular complexity index is 181. The van der Waals surface area contributed by atoms with Gasteiger partial charge in [0, 0.05) is 12.6 Å². The summed E-state index contributed by atoms with van der Waals surface area (Å²) < 4.78 is 0. The molecule has 1 aliphatic carbocycles. The topological polar surface area (TPSA) is 32.3 Å². The molecule has 3 heteroatoms. The summed E-state index contributed by atoms with van der Waals surface area (Å²) in [5.41, 5.74) is 0. The predicted molar refractivity (Wildman–Crippen MR) is 42.2 cm³/mol. The summed E-state index contributed by atoms with van der Waals surface area (Å²) in [6.45, 7) is 1.50. The van der Waals surface area contributed by atoms with Gasteiger partial charge in [0.05, 0.1) is 6.54 Å². The van der Waals surface area contributed by atoms with E-state index in [0.29, 0.717) is 12.6 Å². The number of piperidine rings is 1. The smallest absolute Gasteiger partial charge is 0.236 e. The van der Waals surface area contributed by atoms with E-state index in [9.17, 15) is 4.79 Å². The average Bonchev–Trinajstić information content (AvgIpc) is 2.63. The van der Waals surface area contributed by atoms with Crippen LogP contribution in [0.4, 0.5) is 0 Å². The SMILES string of the molecule is CNCC(=O)N1CCC2CC21. The van der Waals surface area contributed by atoms with E-state index in [0.717, 1.165) is 12.5 Å². The molecule has 0 aromatic heterocycles. The van der Waals surface area contributed by atoms with Crippen LogP contribution >= 0.6 is 0 Å². The molecule has 3 nitrogen and oxygen atoms in total. The quantitative estimate of drug-likeness (QED) is 0.598. The first-order valence-corrected chi connectivity index (χ1v) is 4.27. The molecule has 2 unspecified atom stereocenters. The van der Waals surface area contributed by atoms with Gasteiger partial charge in [0.2, 0.25) is 5.91 Å². The molecule has 0 aromatic rings. The maximum absolute atomic E-state index is 11.3. The van der Waals surface area contributed by atoms with Gasteiger partial charge in [-0.05, 0) is 25.8 Å². The molecule has 0 radical (unpaired) electrons. The summed E-state index contributed by atoms with van der Waals surface area (Å²) in [5.74, 6) is 1.13. The normalized spacial score (nSPS) is 33.7. The van der Waals surface area contributed by atoms with E-state index in [1.54, 1.807) is 0 Å². The number of hydrogen-bond acceptors (Lipinski definition) is 2. The highest BCUT2D eigenvalue weighted by molar-refractivity contribution is 5.79. The second kappa shape index (κ2) is 2.48. The van der Waals surface area contributed by atoms with Crippen LogP contribution in [0.25, 0.3) is 0 Å². The Morgan fingerprint density at radius 1 is 1.73 bits per heavy atom. The van der Waals surface area contributed by atoms with Crippen molar-refractivity contribution in [3.05, 3.63) is 0 Å². The van der Waals surface area contributed by atoms with E-state index in [-0.39, 0.29) is 5.91 Å². The van der Waals surface area contributed by atoms with Crippen LogP contribution in [0.5, 0.6) is 0 Å². The van der Waals surface area contributed by atoms with Gasteiger partial charge in [0.15, 0.2) is 0 Å². The van der Waals surface area contributed by atoms with E-state index in [2.05, 4.69) is 5.32 Å². The molecule has 1 N–H and O–H groups in total. The highest BCUT2D eigenvalue weighted by Gasteiger charge is 2.48. The molecule has 62 valence electrons. The van der Waals surface area contributed by atoms with Gasteiger partial charge in [-0.3, -0.25) is 4.79 Å². The van der Waals surface area contributed by atoms with Crippen LogP contribution in [-0.4, -0.2) is 37.0 Å². The fourth-order valence-electron chi connectivity index (χ4n) is 1.96. The standard InChI is InChI=1S/C8H14N2O/c1-9-5-8(11)10-3-2-6-4-7(6)10/h6-7,9H,2-5H2,1H3. The molecule has 2 atom stereocenters. The largest absolute Gasteiger partial charge is 0.338 e. The second-order valence-electron chi connectivity index (χ2n) is 3.47. The molecule has 0 aromatic carbocycles. The minimum atomic E-state index is 0.275. The molecule has 1 aliphatic heterocycles. The number of likely N-dealkylation sites (N-methyl/N-ethyl adjacent to an activating group) is 1. The third kappa shape index (κ3) is 1.13. The van der Waals surface area contributed by atoms with E-state index >= 15 is 0 Å². The molecule has 1 amide bonds. The van der Waals surface area contributed by atoms with Crippen molar-refractivity contribution in [2.45, 2.75) is 18.9 Å².